The van der Waals surface area contributed by atoms with Crippen LogP contribution in [0.4, 0.5) is 13.6 Å². The highest BCUT2D eigenvalue weighted by Crippen LogP contribution is 2.42. The summed E-state index contributed by atoms with van der Waals surface area (Å²) in [7, 11) is 1.58. The Balaban J connectivity index is 1.68. The first kappa shape index (κ1) is 31.9. The number of carbonyl (C=O) groups is 2. The van der Waals surface area contributed by atoms with Crippen LogP contribution in [0.3, 0.4) is 0 Å². The van der Waals surface area contributed by atoms with Crippen LogP contribution in [0.5, 0.6) is 0 Å². The lowest BCUT2D eigenvalue weighted by Crippen LogP contribution is -2.58. The molecule has 0 radical (unpaired) electrons. The maximum atomic E-state index is 14.3. The highest BCUT2D eigenvalue weighted by Gasteiger charge is 2.51. The summed E-state index contributed by atoms with van der Waals surface area (Å²) in [6, 6.07) is 4.60. The zero-order valence-corrected chi connectivity index (χ0v) is 25.1. The standard InChI is InChI=1S/C30H38ClF2N3O6/c1-29(2,3)42-28(38)34-12-11-30(39,20-7-10-25(32)26(33)15-20)23(17-34)27(37)35(21-8-9-21)16-19-14-22(6-5-13-41-4)36(40)18-24(19)31/h7,10,14-15,18,21,23,39H,5-6,8-9,11-13,16-17H2,1-4H3/t23-,30+/m1/s1. The number of methoxy groups -OCH3 is 1. The second-order valence-electron chi connectivity index (χ2n) is 12.0. The Hall–Kier alpha value is -3.02. The summed E-state index contributed by atoms with van der Waals surface area (Å²) in [5.74, 6) is -3.90. The third-order valence-corrected chi connectivity index (χ3v) is 8.01. The summed E-state index contributed by atoms with van der Waals surface area (Å²) in [5, 5.41) is 24.6. The van der Waals surface area contributed by atoms with Crippen molar-refractivity contribution in [3.63, 3.8) is 0 Å². The molecular formula is C30H38ClF2N3O6. The molecule has 2 fully saturated rings. The van der Waals surface area contributed by atoms with Crippen LogP contribution in [0.25, 0.3) is 0 Å². The Morgan fingerprint density at radius 3 is 2.57 bits per heavy atom. The number of halogens is 3. The van der Waals surface area contributed by atoms with Crippen molar-refractivity contribution in [2.75, 3.05) is 26.8 Å². The van der Waals surface area contributed by atoms with E-state index in [0.29, 0.717) is 35.4 Å². The van der Waals surface area contributed by atoms with Gasteiger partial charge < -0.3 is 29.6 Å². The van der Waals surface area contributed by atoms with Gasteiger partial charge in [0.25, 0.3) is 0 Å². The van der Waals surface area contributed by atoms with Gasteiger partial charge in [0.05, 0.1) is 5.92 Å². The van der Waals surface area contributed by atoms with Crippen molar-refractivity contribution in [1.29, 1.82) is 0 Å². The summed E-state index contributed by atoms with van der Waals surface area (Å²) >= 11 is 6.45. The fourth-order valence-corrected chi connectivity index (χ4v) is 5.49. The van der Waals surface area contributed by atoms with Crippen LogP contribution in [0.2, 0.25) is 5.02 Å². The van der Waals surface area contributed by atoms with Crippen molar-refractivity contribution in [2.45, 2.75) is 76.7 Å². The maximum absolute atomic E-state index is 14.3. The molecule has 0 unspecified atom stereocenters. The average Bonchev–Trinajstić information content (AvgIpc) is 3.75. The van der Waals surface area contributed by atoms with Crippen molar-refractivity contribution >= 4 is 23.6 Å². The van der Waals surface area contributed by atoms with Gasteiger partial charge in [0.15, 0.2) is 23.5 Å². The first-order valence-corrected chi connectivity index (χ1v) is 14.5. The largest absolute Gasteiger partial charge is 0.618 e. The Labute approximate surface area is 249 Å². The van der Waals surface area contributed by atoms with Crippen LogP contribution in [0.1, 0.15) is 63.3 Å². The number of carbonyl (C=O) groups excluding carboxylic acids is 2. The number of aryl methyl sites for hydroxylation is 1. The molecule has 2 atom stereocenters. The first-order chi connectivity index (χ1) is 19.7. The lowest BCUT2D eigenvalue weighted by Gasteiger charge is -2.45. The molecule has 0 bridgehead atoms. The van der Waals surface area contributed by atoms with Crippen molar-refractivity contribution in [3.8, 4) is 0 Å². The topological polar surface area (TPSA) is 106 Å². The second kappa shape index (κ2) is 12.7. The van der Waals surface area contributed by atoms with E-state index in [9.17, 15) is 28.7 Å². The van der Waals surface area contributed by atoms with E-state index in [1.807, 2.05) is 0 Å². The summed E-state index contributed by atoms with van der Waals surface area (Å²) in [5.41, 5.74) is -1.59. The van der Waals surface area contributed by atoms with Gasteiger partial charge in [-0.15, -0.1) is 0 Å². The van der Waals surface area contributed by atoms with Gasteiger partial charge in [-0.25, -0.2) is 13.6 Å². The number of pyridine rings is 1. The van der Waals surface area contributed by atoms with Crippen LogP contribution in [0, 0.1) is 22.8 Å². The molecule has 2 aromatic rings. The Morgan fingerprint density at radius 1 is 1.24 bits per heavy atom. The number of piperidine rings is 1. The van der Waals surface area contributed by atoms with Gasteiger partial charge in [-0.3, -0.25) is 4.79 Å². The summed E-state index contributed by atoms with van der Waals surface area (Å²) in [6.07, 6.45) is 3.04. The number of rotatable bonds is 9. The number of nitrogens with zero attached hydrogens (tertiary/aromatic N) is 3. The summed E-state index contributed by atoms with van der Waals surface area (Å²) < 4.78 is 39.4. The van der Waals surface area contributed by atoms with Crippen molar-refractivity contribution in [1.82, 2.24) is 9.80 Å². The molecule has 4 rings (SSSR count). The third kappa shape index (κ3) is 7.30. The number of ether oxygens (including phenoxy) is 2. The van der Waals surface area contributed by atoms with Crippen molar-refractivity contribution in [2.24, 2.45) is 5.92 Å². The maximum Gasteiger partial charge on any atom is 0.410 e. The molecular weight excluding hydrogens is 572 g/mol. The minimum atomic E-state index is -1.89. The molecule has 2 aliphatic rings. The first-order valence-electron chi connectivity index (χ1n) is 14.1. The highest BCUT2D eigenvalue weighted by molar-refractivity contribution is 6.31. The minimum Gasteiger partial charge on any atom is -0.618 e. The Bertz CT molecular complexity index is 1320. The van der Waals surface area contributed by atoms with Gasteiger partial charge >= 0.3 is 6.09 Å². The summed E-state index contributed by atoms with van der Waals surface area (Å²) in [4.78, 5) is 30.3. The van der Waals surface area contributed by atoms with E-state index in [2.05, 4.69) is 0 Å². The number of amides is 2. The number of aliphatic hydroxyl groups is 1. The van der Waals surface area contributed by atoms with Gasteiger partial charge in [0, 0.05) is 57.4 Å². The van der Waals surface area contributed by atoms with Gasteiger partial charge in [-0.1, -0.05) is 17.7 Å². The fourth-order valence-electron chi connectivity index (χ4n) is 5.29. The number of hydrogen-bond donors (Lipinski definition) is 1. The van der Waals surface area contributed by atoms with E-state index in [0.717, 1.165) is 25.0 Å². The molecule has 1 aromatic heterocycles. The molecule has 2 amide bonds. The summed E-state index contributed by atoms with van der Waals surface area (Å²) in [6.45, 7) is 5.56. The van der Waals surface area contributed by atoms with E-state index in [-0.39, 0.29) is 42.7 Å². The number of aromatic nitrogens is 1. The molecule has 2 heterocycles. The van der Waals surface area contributed by atoms with Crippen molar-refractivity contribution in [3.05, 3.63) is 69.1 Å². The number of hydrogen-bond acceptors (Lipinski definition) is 6. The van der Waals surface area contributed by atoms with Crippen LogP contribution in [0.15, 0.2) is 30.5 Å². The van der Waals surface area contributed by atoms with Crippen LogP contribution < -0.4 is 4.73 Å². The van der Waals surface area contributed by atoms with E-state index < -0.39 is 40.8 Å². The van der Waals surface area contributed by atoms with Gasteiger partial charge in [0.2, 0.25) is 5.91 Å². The predicted molar refractivity (Wildman–Crippen MR) is 150 cm³/mol. The van der Waals surface area contributed by atoms with Crippen LogP contribution >= 0.6 is 11.6 Å². The van der Waals surface area contributed by atoms with Crippen LogP contribution in [-0.4, -0.2) is 65.4 Å². The lowest BCUT2D eigenvalue weighted by molar-refractivity contribution is -0.614. The van der Waals surface area contributed by atoms with E-state index in [1.54, 1.807) is 38.8 Å². The molecule has 1 aromatic carbocycles. The molecule has 1 saturated carbocycles. The Morgan fingerprint density at radius 2 is 1.95 bits per heavy atom. The predicted octanol–water partition coefficient (Wildman–Crippen LogP) is 4.47. The lowest BCUT2D eigenvalue weighted by atomic mass is 9.75. The third-order valence-electron chi connectivity index (χ3n) is 7.67. The van der Waals surface area contributed by atoms with E-state index >= 15 is 0 Å². The molecule has 9 nitrogen and oxygen atoms in total. The normalized spacial score (nSPS) is 20.9. The van der Waals surface area contributed by atoms with Gasteiger partial charge in [-0.05, 0) is 64.2 Å². The molecule has 1 N–H and O–H groups in total. The fraction of sp³-hybridized carbons (Fsp3) is 0.567. The molecule has 230 valence electrons. The highest BCUT2D eigenvalue weighted by atomic mass is 35.5. The average molecular weight is 610 g/mol. The zero-order valence-electron chi connectivity index (χ0n) is 24.4. The molecule has 1 aliphatic carbocycles. The number of likely N-dealkylation sites (tertiary alicyclic amines) is 1. The van der Waals surface area contributed by atoms with Gasteiger partial charge in [0.1, 0.15) is 16.2 Å². The zero-order chi connectivity index (χ0) is 30.8. The van der Waals surface area contributed by atoms with E-state index in [1.165, 1.54) is 17.2 Å². The smallest absolute Gasteiger partial charge is 0.410 e. The Kier molecular flexibility index (Phi) is 9.64. The quantitative estimate of drug-likeness (QED) is 0.256. The van der Waals surface area contributed by atoms with Crippen molar-refractivity contribution < 1.29 is 37.7 Å². The van der Waals surface area contributed by atoms with E-state index in [4.69, 9.17) is 21.1 Å². The number of benzene rings is 1. The molecule has 1 saturated heterocycles. The molecule has 0 spiro atoms. The molecule has 1 aliphatic heterocycles. The monoisotopic (exact) mass is 609 g/mol. The molecule has 42 heavy (non-hydrogen) atoms. The van der Waals surface area contributed by atoms with Crippen LogP contribution in [-0.2, 0) is 32.8 Å². The second-order valence-corrected chi connectivity index (χ2v) is 12.4. The SMILES string of the molecule is COCCCc1cc(CN(C(=O)[C@H]2CN(C(=O)OC(C)(C)C)CC[C@]2(O)c2ccc(F)c(F)c2)C2CC2)c(Cl)c[n+]1[O-]. The molecule has 12 heteroatoms. The van der Waals surface area contributed by atoms with Gasteiger partial charge in [-0.2, -0.15) is 4.73 Å². The minimum absolute atomic E-state index is 0.0382.